The number of methoxy groups -OCH3 is 1. The molecule has 3 aromatic rings. The van der Waals surface area contributed by atoms with E-state index in [1.54, 1.807) is 30.3 Å². The topological polar surface area (TPSA) is 46.5 Å². The molecule has 0 aliphatic rings. The zero-order valence-electron chi connectivity index (χ0n) is 15.4. The maximum atomic E-state index is 13.8. The van der Waals surface area contributed by atoms with E-state index in [1.165, 1.54) is 31.2 Å². The lowest BCUT2D eigenvalue weighted by Crippen LogP contribution is -2.49. The lowest BCUT2D eigenvalue weighted by molar-refractivity contribution is -0.265. The molecule has 0 radical (unpaired) electrons. The van der Waals surface area contributed by atoms with E-state index in [4.69, 9.17) is 0 Å². The third kappa shape index (κ3) is 3.54. The molecular weight excluding hydrogens is 408 g/mol. The number of carbonyl (C=O) groups is 1. The van der Waals surface area contributed by atoms with Gasteiger partial charge in [-0.3, -0.25) is 0 Å². The van der Waals surface area contributed by atoms with Crippen molar-refractivity contribution >= 4 is 17.3 Å². The van der Waals surface area contributed by atoms with E-state index in [0.29, 0.717) is 32.9 Å². The number of hydrogen-bond donors (Lipinski definition) is 1. The number of ether oxygens (including phenoxy) is 1. The first-order chi connectivity index (χ1) is 13.6. The van der Waals surface area contributed by atoms with Crippen LogP contribution in [0, 0.1) is 12.7 Å². The molecule has 1 heterocycles. The maximum absolute atomic E-state index is 13.8. The number of hydrogen-bond acceptors (Lipinski definition) is 4. The van der Waals surface area contributed by atoms with Gasteiger partial charge < -0.3 is 9.84 Å². The first-order valence-corrected chi connectivity index (χ1v) is 9.25. The Bertz CT molecular complexity index is 1030. The van der Waals surface area contributed by atoms with E-state index in [-0.39, 0.29) is 5.56 Å². The fourth-order valence-electron chi connectivity index (χ4n) is 3.10. The molecule has 0 aliphatic heterocycles. The third-order valence-corrected chi connectivity index (χ3v) is 5.98. The smallest absolute Gasteiger partial charge is 0.433 e. The van der Waals surface area contributed by atoms with Gasteiger partial charge in [0.1, 0.15) is 5.82 Å². The molecule has 0 aliphatic carbocycles. The molecule has 1 N–H and O–H groups in total. The molecule has 3 rings (SSSR count). The van der Waals surface area contributed by atoms with Gasteiger partial charge in [-0.2, -0.15) is 13.2 Å². The summed E-state index contributed by atoms with van der Waals surface area (Å²) in [4.78, 5) is 11.9. The molecule has 0 fully saturated rings. The number of aliphatic hydroxyl groups is 1. The third-order valence-electron chi connectivity index (χ3n) is 4.54. The van der Waals surface area contributed by atoms with Crippen molar-refractivity contribution in [3.8, 4) is 21.6 Å². The van der Waals surface area contributed by atoms with Crippen LogP contribution in [-0.4, -0.2) is 24.4 Å². The van der Waals surface area contributed by atoms with Gasteiger partial charge in [-0.25, -0.2) is 9.18 Å². The summed E-state index contributed by atoms with van der Waals surface area (Å²) in [7, 11) is 0.779. The zero-order chi connectivity index (χ0) is 21.4. The van der Waals surface area contributed by atoms with Gasteiger partial charge in [0.15, 0.2) is 0 Å². The van der Waals surface area contributed by atoms with Crippen LogP contribution in [0.25, 0.3) is 21.6 Å². The first-order valence-electron chi connectivity index (χ1n) is 8.44. The van der Waals surface area contributed by atoms with Crippen molar-refractivity contribution < 1.29 is 32.2 Å². The van der Waals surface area contributed by atoms with E-state index >= 15 is 0 Å². The van der Waals surface area contributed by atoms with Crippen LogP contribution in [0.5, 0.6) is 0 Å². The van der Waals surface area contributed by atoms with Crippen LogP contribution in [-0.2, 0) is 15.1 Å². The number of thiophene rings is 1. The van der Waals surface area contributed by atoms with E-state index < -0.39 is 28.4 Å². The molecule has 152 valence electrons. The predicted octanol–water partition coefficient (Wildman–Crippen LogP) is 5.45. The molecule has 3 nitrogen and oxygen atoms in total. The molecule has 0 saturated heterocycles. The van der Waals surface area contributed by atoms with Crippen molar-refractivity contribution in [1.29, 1.82) is 0 Å². The minimum absolute atomic E-state index is 0.0608. The van der Waals surface area contributed by atoms with Crippen LogP contribution in [0.4, 0.5) is 17.6 Å². The van der Waals surface area contributed by atoms with Crippen LogP contribution < -0.4 is 0 Å². The molecule has 0 spiro atoms. The van der Waals surface area contributed by atoms with Crippen LogP contribution in [0.1, 0.15) is 10.4 Å². The second-order valence-corrected chi connectivity index (χ2v) is 7.35. The van der Waals surface area contributed by atoms with E-state index in [0.717, 1.165) is 7.11 Å². The number of carbonyl (C=O) groups excluding carboxylic acids is 1. The second-order valence-electron chi connectivity index (χ2n) is 6.33. The summed E-state index contributed by atoms with van der Waals surface area (Å²) in [6.45, 7) is 1.39. The van der Waals surface area contributed by atoms with Crippen molar-refractivity contribution in [2.24, 2.45) is 0 Å². The molecule has 0 bridgehead atoms. The largest absolute Gasteiger partial charge is 0.466 e. The highest BCUT2D eigenvalue weighted by Gasteiger charge is 2.63. The van der Waals surface area contributed by atoms with Crippen molar-refractivity contribution in [2.75, 3.05) is 7.11 Å². The molecule has 0 saturated carbocycles. The molecule has 0 unspecified atom stereocenters. The summed E-state index contributed by atoms with van der Waals surface area (Å²) in [6.07, 6.45) is -5.30. The van der Waals surface area contributed by atoms with E-state index in [1.807, 2.05) is 0 Å². The Labute approximate surface area is 168 Å². The maximum Gasteiger partial charge on any atom is 0.433 e. The van der Waals surface area contributed by atoms with Crippen molar-refractivity contribution in [3.05, 3.63) is 70.9 Å². The van der Waals surface area contributed by atoms with Crippen molar-refractivity contribution in [2.45, 2.75) is 18.7 Å². The highest BCUT2D eigenvalue weighted by atomic mass is 32.1. The van der Waals surface area contributed by atoms with Gasteiger partial charge in [-0.1, -0.05) is 42.5 Å². The predicted molar refractivity (Wildman–Crippen MR) is 102 cm³/mol. The van der Waals surface area contributed by atoms with Gasteiger partial charge in [0.25, 0.3) is 5.60 Å². The lowest BCUT2D eigenvalue weighted by atomic mass is 9.92. The van der Waals surface area contributed by atoms with Gasteiger partial charge in [-0.05, 0) is 35.7 Å². The Balaban J connectivity index is 2.36. The van der Waals surface area contributed by atoms with Crippen molar-refractivity contribution in [3.63, 3.8) is 0 Å². The fraction of sp³-hybridized carbons (Fsp3) is 0.190. The van der Waals surface area contributed by atoms with Gasteiger partial charge in [0.2, 0.25) is 0 Å². The molecule has 0 amide bonds. The Kier molecular flexibility index (Phi) is 5.51. The molecule has 29 heavy (non-hydrogen) atoms. The van der Waals surface area contributed by atoms with Gasteiger partial charge in [-0.15, -0.1) is 11.3 Å². The summed E-state index contributed by atoms with van der Waals surface area (Å²) < 4.78 is 59.1. The van der Waals surface area contributed by atoms with Crippen LogP contribution in [0.15, 0.2) is 54.6 Å². The first kappa shape index (κ1) is 21.0. The lowest BCUT2D eigenvalue weighted by Gasteiger charge is -2.27. The average molecular weight is 424 g/mol. The van der Waals surface area contributed by atoms with Crippen LogP contribution in [0.3, 0.4) is 0 Å². The highest BCUT2D eigenvalue weighted by Crippen LogP contribution is 2.51. The number of rotatable bonds is 4. The summed E-state index contributed by atoms with van der Waals surface area (Å²) >= 11 is 0.651. The summed E-state index contributed by atoms with van der Waals surface area (Å²) in [6, 6.07) is 13.8. The monoisotopic (exact) mass is 424 g/mol. The summed E-state index contributed by atoms with van der Waals surface area (Å²) in [5, 5.41) is 10.5. The summed E-state index contributed by atoms with van der Waals surface area (Å²) in [5.74, 6) is -2.32. The Morgan fingerprint density at radius 1 is 1.00 bits per heavy atom. The van der Waals surface area contributed by atoms with Gasteiger partial charge in [0.05, 0.1) is 12.0 Å². The molecule has 1 aromatic heterocycles. The Morgan fingerprint density at radius 3 is 2.10 bits per heavy atom. The highest BCUT2D eigenvalue weighted by molar-refractivity contribution is 7.16. The van der Waals surface area contributed by atoms with Crippen molar-refractivity contribution in [1.82, 2.24) is 0 Å². The minimum atomic E-state index is -5.30. The quantitative estimate of drug-likeness (QED) is 0.447. The molecular formula is C21H16F4O3S. The van der Waals surface area contributed by atoms with Crippen LogP contribution in [0.2, 0.25) is 0 Å². The SMILES string of the molecule is COC(=O)[C@](O)(c1sc(-c2ccccc2)c(-c2ccc(F)cc2)c1C)C(F)(F)F. The average Bonchev–Trinajstić information content (AvgIpc) is 3.04. The van der Waals surface area contributed by atoms with Gasteiger partial charge >= 0.3 is 12.1 Å². The number of halogens is 4. The molecule has 8 heteroatoms. The normalized spacial score (nSPS) is 13.8. The second kappa shape index (κ2) is 7.61. The van der Waals surface area contributed by atoms with Gasteiger partial charge in [0, 0.05) is 10.4 Å². The standard InChI is InChI=1S/C21H16F4O3S/c1-12-16(13-8-10-15(22)11-9-13)17(14-6-4-3-5-7-14)29-18(12)20(27,19(26)28-2)21(23,24)25/h3-11,27H,1-2H3/t20-/m1/s1. The van der Waals surface area contributed by atoms with Crippen LogP contribution >= 0.6 is 11.3 Å². The van der Waals surface area contributed by atoms with E-state index in [9.17, 15) is 27.5 Å². The number of benzene rings is 2. The number of alkyl halides is 3. The Morgan fingerprint density at radius 2 is 1.59 bits per heavy atom. The molecule has 2 aromatic carbocycles. The minimum Gasteiger partial charge on any atom is -0.466 e. The number of esters is 1. The fourth-order valence-corrected chi connectivity index (χ4v) is 4.53. The zero-order valence-corrected chi connectivity index (χ0v) is 16.2. The molecule has 1 atom stereocenters. The Hall–Kier alpha value is -2.71. The summed E-state index contributed by atoms with van der Waals surface area (Å²) in [5.41, 5.74) is -2.33. The van der Waals surface area contributed by atoms with E-state index in [2.05, 4.69) is 4.74 Å².